The third-order valence-corrected chi connectivity index (χ3v) is 7.34. The summed E-state index contributed by atoms with van der Waals surface area (Å²) >= 11 is 13.5. The Labute approximate surface area is 241 Å². The summed E-state index contributed by atoms with van der Waals surface area (Å²) in [6, 6.07) is 10.7. The summed E-state index contributed by atoms with van der Waals surface area (Å²) in [6.45, 7) is 1.80. The third kappa shape index (κ3) is 8.68. The molecule has 3 rings (SSSR count). The van der Waals surface area contributed by atoms with E-state index in [0.29, 0.717) is 5.02 Å². The Hall–Kier alpha value is -2.63. The van der Waals surface area contributed by atoms with E-state index in [9.17, 15) is 19.2 Å². The van der Waals surface area contributed by atoms with Gasteiger partial charge in [0.25, 0.3) is 5.91 Å². The highest BCUT2D eigenvalue weighted by atomic mass is 35.5. The predicted octanol–water partition coefficient (Wildman–Crippen LogP) is 2.67. The van der Waals surface area contributed by atoms with E-state index in [4.69, 9.17) is 32.7 Å². The summed E-state index contributed by atoms with van der Waals surface area (Å²) in [7, 11) is 1.39. The van der Waals surface area contributed by atoms with Crippen molar-refractivity contribution in [2.45, 2.75) is 37.1 Å². The second-order valence-electron chi connectivity index (χ2n) is 9.26. The van der Waals surface area contributed by atoms with Crippen LogP contribution < -0.4 is 16.0 Å². The standard InChI is InChI=1S/C27H31Cl2N3O6S/c1-27(15-38-27)23(33)20(11-16-7-5-4-6-8-16)30-25(35)21(13-37-2)31-26(36)22(14-39-3)32-24(34)18-12-17(28)9-10-19(18)29/h4-10,12,20-22H,11,13-15H2,1-3H3,(H,30,35)(H,31,36)(H,32,34)/t20-,21-,22-,27+/m0/s1. The molecule has 1 aliphatic rings. The molecule has 1 saturated heterocycles. The molecule has 1 fully saturated rings. The number of nitrogens with one attached hydrogen (secondary N) is 3. The molecule has 0 spiro atoms. The van der Waals surface area contributed by atoms with E-state index in [2.05, 4.69) is 16.0 Å². The Morgan fingerprint density at radius 2 is 1.64 bits per heavy atom. The first kappa shape index (κ1) is 30.9. The normalized spacial score (nSPS) is 18.4. The molecule has 0 aliphatic carbocycles. The number of carbonyl (C=O) groups excluding carboxylic acids is 4. The van der Waals surface area contributed by atoms with Crippen molar-refractivity contribution >= 4 is 58.5 Å². The Bertz CT molecular complexity index is 1200. The van der Waals surface area contributed by atoms with E-state index < -0.39 is 41.4 Å². The molecule has 9 nitrogen and oxygen atoms in total. The van der Waals surface area contributed by atoms with Crippen molar-refractivity contribution in [3.63, 3.8) is 0 Å². The summed E-state index contributed by atoms with van der Waals surface area (Å²) in [6.07, 6.45) is 2.03. The first-order valence-electron chi connectivity index (χ1n) is 12.1. The zero-order chi connectivity index (χ0) is 28.6. The molecule has 0 radical (unpaired) electrons. The van der Waals surface area contributed by atoms with Gasteiger partial charge in [0.2, 0.25) is 11.8 Å². The molecule has 0 unspecified atom stereocenters. The molecule has 4 atom stereocenters. The molecular formula is C27H31Cl2N3O6S. The number of methoxy groups -OCH3 is 1. The van der Waals surface area contributed by atoms with Crippen LogP contribution >= 0.6 is 35.0 Å². The number of hydrogen-bond donors (Lipinski definition) is 3. The largest absolute Gasteiger partial charge is 0.382 e. The summed E-state index contributed by atoms with van der Waals surface area (Å²) in [4.78, 5) is 52.5. The van der Waals surface area contributed by atoms with Crippen molar-refractivity contribution in [1.82, 2.24) is 16.0 Å². The van der Waals surface area contributed by atoms with Crippen molar-refractivity contribution in [2.24, 2.45) is 0 Å². The smallest absolute Gasteiger partial charge is 0.253 e. The van der Waals surface area contributed by atoms with Crippen molar-refractivity contribution in [3.05, 3.63) is 69.7 Å². The second-order valence-corrected chi connectivity index (χ2v) is 11.0. The first-order valence-corrected chi connectivity index (χ1v) is 14.3. The summed E-state index contributed by atoms with van der Waals surface area (Å²) < 4.78 is 10.5. The van der Waals surface area contributed by atoms with Crippen molar-refractivity contribution < 1.29 is 28.7 Å². The number of Topliss-reactive ketones (excluding diaryl/α,β-unsaturated/α-hetero) is 1. The van der Waals surface area contributed by atoms with Crippen LogP contribution in [0.15, 0.2) is 48.5 Å². The van der Waals surface area contributed by atoms with Crippen LogP contribution in [-0.4, -0.2) is 79.6 Å². The van der Waals surface area contributed by atoms with Crippen molar-refractivity contribution in [1.29, 1.82) is 0 Å². The van der Waals surface area contributed by atoms with Gasteiger partial charge in [-0.25, -0.2) is 0 Å². The highest BCUT2D eigenvalue weighted by molar-refractivity contribution is 7.98. The maximum absolute atomic E-state index is 13.3. The van der Waals surface area contributed by atoms with Crippen molar-refractivity contribution in [2.75, 3.05) is 32.3 Å². The first-order chi connectivity index (χ1) is 18.6. The molecule has 1 aliphatic heterocycles. The van der Waals surface area contributed by atoms with Crippen LogP contribution in [0.2, 0.25) is 10.0 Å². The zero-order valence-electron chi connectivity index (χ0n) is 21.8. The van der Waals surface area contributed by atoms with E-state index in [1.807, 2.05) is 30.3 Å². The highest BCUT2D eigenvalue weighted by Crippen LogP contribution is 2.29. The van der Waals surface area contributed by atoms with Gasteiger partial charge in [-0.05, 0) is 43.4 Å². The van der Waals surface area contributed by atoms with Gasteiger partial charge in [0.15, 0.2) is 5.78 Å². The Morgan fingerprint density at radius 1 is 1.00 bits per heavy atom. The molecule has 3 N–H and O–H groups in total. The Kier molecular flexibility index (Phi) is 11.2. The molecule has 12 heteroatoms. The highest BCUT2D eigenvalue weighted by Gasteiger charge is 2.50. The van der Waals surface area contributed by atoms with Crippen LogP contribution in [0.5, 0.6) is 0 Å². The fourth-order valence-electron chi connectivity index (χ4n) is 3.83. The van der Waals surface area contributed by atoms with Crippen LogP contribution in [0.1, 0.15) is 22.8 Å². The number of carbonyl (C=O) groups is 4. The molecule has 2 aromatic carbocycles. The molecular weight excluding hydrogens is 565 g/mol. The van der Waals surface area contributed by atoms with E-state index in [1.54, 1.807) is 19.2 Å². The number of thioether (sulfide) groups is 1. The summed E-state index contributed by atoms with van der Waals surface area (Å²) in [5, 5.41) is 8.55. The number of hydrogen-bond acceptors (Lipinski definition) is 7. The lowest BCUT2D eigenvalue weighted by Gasteiger charge is -2.25. The van der Waals surface area contributed by atoms with Crippen LogP contribution in [-0.2, 0) is 30.3 Å². The number of amides is 3. The van der Waals surface area contributed by atoms with Gasteiger partial charge in [0, 0.05) is 17.9 Å². The average molecular weight is 597 g/mol. The number of ether oxygens (including phenoxy) is 2. The summed E-state index contributed by atoms with van der Waals surface area (Å²) in [5.41, 5.74) is 0.0182. The van der Waals surface area contributed by atoms with E-state index in [0.717, 1.165) is 5.56 Å². The molecule has 0 bridgehead atoms. The monoisotopic (exact) mass is 595 g/mol. The van der Waals surface area contributed by atoms with Crippen LogP contribution in [0.4, 0.5) is 0 Å². The third-order valence-electron chi connectivity index (χ3n) is 6.11. The van der Waals surface area contributed by atoms with Gasteiger partial charge in [-0.1, -0.05) is 53.5 Å². The number of benzene rings is 2. The van der Waals surface area contributed by atoms with Crippen LogP contribution in [0.25, 0.3) is 0 Å². The van der Waals surface area contributed by atoms with Gasteiger partial charge in [-0.15, -0.1) is 0 Å². The van der Waals surface area contributed by atoms with E-state index in [-0.39, 0.29) is 41.8 Å². The Morgan fingerprint density at radius 3 is 2.26 bits per heavy atom. The molecule has 2 aromatic rings. The van der Waals surface area contributed by atoms with Crippen LogP contribution in [0, 0.1) is 0 Å². The molecule has 1 heterocycles. The topological polar surface area (TPSA) is 126 Å². The molecule has 210 valence electrons. The van der Waals surface area contributed by atoms with E-state index in [1.165, 1.54) is 31.0 Å². The number of ketones is 1. The summed E-state index contributed by atoms with van der Waals surface area (Å²) in [5.74, 6) is -1.82. The zero-order valence-corrected chi connectivity index (χ0v) is 24.1. The quantitative estimate of drug-likeness (QED) is 0.287. The van der Waals surface area contributed by atoms with Crippen LogP contribution in [0.3, 0.4) is 0 Å². The fourth-order valence-corrected chi connectivity index (χ4v) is 4.77. The molecule has 3 amide bonds. The van der Waals surface area contributed by atoms with Gasteiger partial charge in [0.05, 0.1) is 29.8 Å². The minimum absolute atomic E-state index is 0.118. The lowest BCUT2D eigenvalue weighted by Crippen LogP contribution is -2.58. The van der Waals surface area contributed by atoms with Gasteiger partial charge < -0.3 is 25.4 Å². The van der Waals surface area contributed by atoms with Crippen molar-refractivity contribution in [3.8, 4) is 0 Å². The average Bonchev–Trinajstić information content (AvgIpc) is 3.67. The minimum atomic E-state index is -1.13. The van der Waals surface area contributed by atoms with E-state index >= 15 is 0 Å². The number of rotatable bonds is 14. The lowest BCUT2D eigenvalue weighted by molar-refractivity contribution is -0.134. The van der Waals surface area contributed by atoms with Gasteiger partial charge in [-0.2, -0.15) is 11.8 Å². The second kappa shape index (κ2) is 14.1. The number of halogens is 2. The fraction of sp³-hybridized carbons (Fsp3) is 0.407. The molecule has 0 saturated carbocycles. The van der Waals surface area contributed by atoms with Gasteiger partial charge in [0.1, 0.15) is 17.7 Å². The SMILES string of the molecule is COC[C@H](NC(=O)[C@H](CSC)NC(=O)c1cc(Cl)ccc1Cl)C(=O)N[C@@H](Cc1ccccc1)C(=O)[C@@]1(C)CO1. The van der Waals surface area contributed by atoms with Gasteiger partial charge in [-0.3, -0.25) is 19.2 Å². The maximum Gasteiger partial charge on any atom is 0.253 e. The Balaban J connectivity index is 1.73. The molecule has 39 heavy (non-hydrogen) atoms. The van der Waals surface area contributed by atoms with Gasteiger partial charge >= 0.3 is 0 Å². The lowest BCUT2D eigenvalue weighted by atomic mass is 9.94. The molecule has 0 aromatic heterocycles. The predicted molar refractivity (Wildman–Crippen MR) is 151 cm³/mol. The minimum Gasteiger partial charge on any atom is -0.382 e. The number of epoxide rings is 1. The maximum atomic E-state index is 13.3.